The van der Waals surface area contributed by atoms with E-state index in [1.54, 1.807) is 0 Å². The Morgan fingerprint density at radius 1 is 1.00 bits per heavy atom. The Morgan fingerprint density at radius 3 is 2.45 bits per heavy atom. The molecule has 4 aliphatic carbocycles. The second-order valence-electron chi connectivity index (χ2n) is 11.0. The van der Waals surface area contributed by atoms with Gasteiger partial charge in [0.1, 0.15) is 0 Å². The summed E-state index contributed by atoms with van der Waals surface area (Å²) < 4.78 is 39.2. The average molecular weight is 411 g/mol. The van der Waals surface area contributed by atoms with Crippen LogP contribution >= 0.6 is 0 Å². The van der Waals surface area contributed by atoms with E-state index in [1.807, 2.05) is 0 Å². The molecule has 0 aromatic carbocycles. The monoisotopic (exact) mass is 410 g/mol. The predicted octanol–water partition coefficient (Wildman–Crippen LogP) is 5.92. The lowest BCUT2D eigenvalue weighted by Gasteiger charge is -2.61. The van der Waals surface area contributed by atoms with E-state index in [9.17, 15) is 18.3 Å². The molecule has 0 amide bonds. The van der Waals surface area contributed by atoms with E-state index < -0.39 is 11.9 Å². The molecule has 162 valence electrons. The van der Waals surface area contributed by atoms with Gasteiger partial charge in [-0.2, -0.15) is 18.3 Å². The number of rotatable bonds is 1. The van der Waals surface area contributed by atoms with Gasteiger partial charge < -0.3 is 5.11 Å². The molecule has 0 saturated heterocycles. The van der Waals surface area contributed by atoms with E-state index in [1.165, 1.54) is 25.3 Å². The molecule has 8 atom stereocenters. The summed E-state index contributed by atoms with van der Waals surface area (Å²) in [5.41, 5.74) is 0.288. The number of H-pyrrole nitrogens is 1. The molecule has 1 heterocycles. The SMILES string of the molecule is CC12CCC3[C@H](CC[C@H]4C[C@H](O)CCC34C)C1CCC2c1cc(C(F)(F)F)n[nH]1. The Hall–Kier alpha value is -1.04. The minimum atomic E-state index is -4.39. The van der Waals surface area contributed by atoms with Crippen LogP contribution in [0.4, 0.5) is 13.2 Å². The molecule has 3 nitrogen and oxygen atoms in total. The van der Waals surface area contributed by atoms with Gasteiger partial charge in [0.15, 0.2) is 5.69 Å². The number of halogens is 3. The van der Waals surface area contributed by atoms with Crippen molar-refractivity contribution >= 4 is 0 Å². The molecular weight excluding hydrogens is 377 g/mol. The van der Waals surface area contributed by atoms with Crippen molar-refractivity contribution < 1.29 is 18.3 Å². The molecule has 5 rings (SSSR count). The molecule has 5 unspecified atom stereocenters. The third-order valence-corrected chi connectivity index (χ3v) is 9.90. The van der Waals surface area contributed by atoms with Crippen LogP contribution < -0.4 is 0 Å². The molecule has 0 aliphatic heterocycles. The van der Waals surface area contributed by atoms with Crippen molar-refractivity contribution in [2.75, 3.05) is 0 Å². The number of nitrogens with zero attached hydrogens (tertiary/aromatic N) is 1. The van der Waals surface area contributed by atoms with Crippen LogP contribution in [-0.4, -0.2) is 21.4 Å². The smallest absolute Gasteiger partial charge is 0.393 e. The Bertz CT molecular complexity index is 776. The van der Waals surface area contributed by atoms with Crippen LogP contribution in [0.1, 0.15) is 88.9 Å². The lowest BCUT2D eigenvalue weighted by molar-refractivity contribution is -0.141. The normalized spacial score (nSPS) is 47.4. The van der Waals surface area contributed by atoms with Crippen LogP contribution in [0.15, 0.2) is 6.07 Å². The minimum absolute atomic E-state index is 0.0634. The highest BCUT2D eigenvalue weighted by Crippen LogP contribution is 2.68. The summed E-state index contributed by atoms with van der Waals surface area (Å²) in [6.07, 6.45) is 5.27. The first kappa shape index (κ1) is 19.9. The lowest BCUT2D eigenvalue weighted by Crippen LogP contribution is -2.53. The van der Waals surface area contributed by atoms with Gasteiger partial charge in [0.25, 0.3) is 0 Å². The van der Waals surface area contributed by atoms with Crippen molar-refractivity contribution in [1.29, 1.82) is 0 Å². The topological polar surface area (TPSA) is 48.9 Å². The molecule has 0 bridgehead atoms. The van der Waals surface area contributed by atoms with Crippen molar-refractivity contribution in [2.24, 2.45) is 34.5 Å². The van der Waals surface area contributed by atoms with Gasteiger partial charge in [-0.05, 0) is 98.4 Å². The summed E-state index contributed by atoms with van der Waals surface area (Å²) in [6.45, 7) is 4.80. The van der Waals surface area contributed by atoms with Gasteiger partial charge in [-0.25, -0.2) is 0 Å². The molecule has 0 spiro atoms. The average Bonchev–Trinajstić information content (AvgIpc) is 3.26. The molecule has 4 saturated carbocycles. The van der Waals surface area contributed by atoms with E-state index in [4.69, 9.17) is 0 Å². The minimum Gasteiger partial charge on any atom is -0.393 e. The number of hydrogen-bond donors (Lipinski definition) is 2. The summed E-state index contributed by atoms with van der Waals surface area (Å²) >= 11 is 0. The Labute approximate surface area is 170 Å². The van der Waals surface area contributed by atoms with E-state index in [-0.39, 0.29) is 17.4 Å². The van der Waals surface area contributed by atoms with Gasteiger partial charge in [-0.1, -0.05) is 13.8 Å². The quantitative estimate of drug-likeness (QED) is 0.604. The third-order valence-electron chi connectivity index (χ3n) is 9.90. The zero-order chi connectivity index (χ0) is 20.6. The van der Waals surface area contributed by atoms with Crippen LogP contribution in [0.3, 0.4) is 0 Å². The summed E-state index contributed by atoms with van der Waals surface area (Å²) in [5.74, 6) is 2.76. The predicted molar refractivity (Wildman–Crippen MR) is 104 cm³/mol. The van der Waals surface area contributed by atoms with Crippen molar-refractivity contribution in [3.05, 3.63) is 17.5 Å². The van der Waals surface area contributed by atoms with E-state index in [0.717, 1.165) is 38.5 Å². The first-order chi connectivity index (χ1) is 13.6. The summed E-state index contributed by atoms with van der Waals surface area (Å²) in [5, 5.41) is 16.5. The van der Waals surface area contributed by atoms with Gasteiger partial charge in [0.2, 0.25) is 0 Å². The van der Waals surface area contributed by atoms with Gasteiger partial charge in [0, 0.05) is 11.6 Å². The lowest BCUT2D eigenvalue weighted by atomic mass is 9.44. The van der Waals surface area contributed by atoms with Crippen molar-refractivity contribution in [2.45, 2.75) is 89.8 Å². The van der Waals surface area contributed by atoms with Crippen LogP contribution in [0, 0.1) is 34.5 Å². The summed E-state index contributed by atoms with van der Waals surface area (Å²) in [4.78, 5) is 0. The fraction of sp³-hybridized carbons (Fsp3) is 0.870. The molecule has 6 heteroatoms. The number of aliphatic hydroxyl groups is 1. The number of aromatic nitrogens is 2. The van der Waals surface area contributed by atoms with Crippen molar-refractivity contribution in [3.8, 4) is 0 Å². The van der Waals surface area contributed by atoms with Crippen molar-refractivity contribution in [1.82, 2.24) is 10.2 Å². The number of fused-ring (bicyclic) bond motifs is 5. The molecular formula is C23H33F3N2O. The Morgan fingerprint density at radius 2 is 1.72 bits per heavy atom. The van der Waals surface area contributed by atoms with Crippen molar-refractivity contribution in [3.63, 3.8) is 0 Å². The molecule has 4 fully saturated rings. The fourth-order valence-corrected chi connectivity index (χ4v) is 8.41. The first-order valence-electron chi connectivity index (χ1n) is 11.4. The Balaban J connectivity index is 1.40. The molecule has 0 radical (unpaired) electrons. The molecule has 1 aromatic heterocycles. The second-order valence-corrected chi connectivity index (χ2v) is 11.0. The third kappa shape index (κ3) is 2.91. The van der Waals surface area contributed by atoms with E-state index >= 15 is 0 Å². The van der Waals surface area contributed by atoms with E-state index in [2.05, 4.69) is 24.0 Å². The number of alkyl halides is 3. The number of hydrogen-bond acceptors (Lipinski definition) is 2. The van der Waals surface area contributed by atoms with Gasteiger partial charge in [-0.3, -0.25) is 5.10 Å². The van der Waals surface area contributed by atoms with Crippen LogP contribution in [0.2, 0.25) is 0 Å². The Kier molecular flexibility index (Phi) is 4.44. The highest BCUT2D eigenvalue weighted by atomic mass is 19.4. The zero-order valence-corrected chi connectivity index (χ0v) is 17.4. The maximum atomic E-state index is 13.1. The van der Waals surface area contributed by atoms with Gasteiger partial charge in [-0.15, -0.1) is 0 Å². The molecule has 1 aromatic rings. The highest BCUT2D eigenvalue weighted by Gasteiger charge is 2.60. The van der Waals surface area contributed by atoms with Crippen LogP contribution in [0.5, 0.6) is 0 Å². The van der Waals surface area contributed by atoms with E-state index in [0.29, 0.717) is 34.8 Å². The standard InChI is InChI=1S/C23H33F3N2O/c1-21-9-7-14(29)11-13(21)3-4-15-16-5-6-18(22(16,2)10-8-17(15)21)19-12-20(28-27-19)23(24,25)26/h12-18,29H,3-11H2,1-2H3,(H,27,28)/t13-,14+,15+,16?,17?,18?,21?,22?/m0/s1. The second kappa shape index (κ2) is 6.48. The largest absolute Gasteiger partial charge is 0.435 e. The van der Waals surface area contributed by atoms with Gasteiger partial charge in [0.05, 0.1) is 6.10 Å². The zero-order valence-electron chi connectivity index (χ0n) is 17.4. The van der Waals surface area contributed by atoms with Crippen LogP contribution in [0.25, 0.3) is 0 Å². The maximum absolute atomic E-state index is 13.1. The fourth-order valence-electron chi connectivity index (χ4n) is 8.41. The number of aromatic amines is 1. The number of aliphatic hydroxyl groups excluding tert-OH is 1. The maximum Gasteiger partial charge on any atom is 0.435 e. The highest BCUT2D eigenvalue weighted by molar-refractivity contribution is 5.22. The molecule has 2 N–H and O–H groups in total. The summed E-state index contributed by atoms with van der Waals surface area (Å²) in [6, 6.07) is 1.26. The summed E-state index contributed by atoms with van der Waals surface area (Å²) in [7, 11) is 0. The molecule has 29 heavy (non-hydrogen) atoms. The first-order valence-corrected chi connectivity index (χ1v) is 11.4. The molecule has 4 aliphatic rings. The van der Waals surface area contributed by atoms with Gasteiger partial charge >= 0.3 is 6.18 Å². The van der Waals surface area contributed by atoms with Crippen LogP contribution in [-0.2, 0) is 6.18 Å². The number of nitrogens with one attached hydrogen (secondary N) is 1.